The molecule has 1 aliphatic carbocycles. The second kappa shape index (κ2) is 8.67. The molecule has 1 aliphatic rings. The predicted octanol–water partition coefficient (Wildman–Crippen LogP) is 2.45. The third-order valence-corrected chi connectivity index (χ3v) is 5.88. The van der Waals surface area contributed by atoms with E-state index in [9.17, 15) is 13.2 Å². The molecule has 2 N–H and O–H groups in total. The van der Waals surface area contributed by atoms with Crippen LogP contribution in [0.25, 0.3) is 0 Å². The molecule has 0 saturated heterocycles. The topological polar surface area (TPSA) is 84.5 Å². The van der Waals surface area contributed by atoms with E-state index >= 15 is 0 Å². The first-order valence-electron chi connectivity index (χ1n) is 8.78. The summed E-state index contributed by atoms with van der Waals surface area (Å²) in [5.74, 6) is 0.534. The van der Waals surface area contributed by atoms with Crippen LogP contribution >= 0.6 is 0 Å². The van der Waals surface area contributed by atoms with Gasteiger partial charge in [-0.25, -0.2) is 8.42 Å². The fourth-order valence-corrected chi connectivity index (χ4v) is 4.27. The Balaban J connectivity index is 2.11. The lowest BCUT2D eigenvalue weighted by molar-refractivity contribution is -0.123. The lowest BCUT2D eigenvalue weighted by atomic mass is 10.0. The molecule has 1 amide bonds. The average molecular weight is 368 g/mol. The average Bonchev–Trinajstić information content (AvgIpc) is 3.06. The molecule has 25 heavy (non-hydrogen) atoms. The van der Waals surface area contributed by atoms with Crippen LogP contribution < -0.4 is 14.8 Å². The predicted molar refractivity (Wildman–Crippen MR) is 97.0 cm³/mol. The molecule has 0 radical (unpaired) electrons. The molecular weight excluding hydrogens is 340 g/mol. The van der Waals surface area contributed by atoms with E-state index in [1.54, 1.807) is 12.1 Å². The maximum atomic E-state index is 12.6. The Hall–Kier alpha value is -1.60. The number of carbonyl (C=O) groups excluding carboxylic acids is 1. The number of benzene rings is 1. The van der Waals surface area contributed by atoms with Crippen molar-refractivity contribution in [1.29, 1.82) is 0 Å². The molecule has 6 nitrogen and oxygen atoms in total. The molecular formula is C18H28N2O4S. The van der Waals surface area contributed by atoms with Gasteiger partial charge in [0.2, 0.25) is 15.9 Å². The molecule has 1 atom stereocenters. The van der Waals surface area contributed by atoms with Crippen molar-refractivity contribution in [3.8, 4) is 5.75 Å². The van der Waals surface area contributed by atoms with Gasteiger partial charge >= 0.3 is 0 Å². The summed E-state index contributed by atoms with van der Waals surface area (Å²) in [6.07, 6.45) is 4.60. The van der Waals surface area contributed by atoms with Crippen LogP contribution in [-0.4, -0.2) is 33.5 Å². The van der Waals surface area contributed by atoms with Gasteiger partial charge in [0, 0.05) is 6.04 Å². The van der Waals surface area contributed by atoms with Crippen molar-refractivity contribution in [2.24, 2.45) is 5.92 Å². The quantitative estimate of drug-likeness (QED) is 0.738. The van der Waals surface area contributed by atoms with Gasteiger partial charge in [-0.05, 0) is 49.4 Å². The number of amides is 1. The zero-order valence-electron chi connectivity index (χ0n) is 15.1. The van der Waals surface area contributed by atoms with Crippen LogP contribution in [0.1, 0.15) is 46.0 Å². The van der Waals surface area contributed by atoms with Crippen LogP contribution in [0.3, 0.4) is 0 Å². The highest BCUT2D eigenvalue weighted by atomic mass is 32.2. The number of hydrogen-bond donors (Lipinski definition) is 2. The molecule has 0 unspecified atom stereocenters. The van der Waals surface area contributed by atoms with Crippen molar-refractivity contribution in [2.75, 3.05) is 7.11 Å². The largest absolute Gasteiger partial charge is 0.497 e. The first-order chi connectivity index (χ1) is 11.8. The van der Waals surface area contributed by atoms with E-state index in [1.807, 2.05) is 13.8 Å². The molecule has 140 valence electrons. The van der Waals surface area contributed by atoms with E-state index in [1.165, 1.54) is 19.2 Å². The zero-order valence-corrected chi connectivity index (χ0v) is 15.9. The van der Waals surface area contributed by atoms with Gasteiger partial charge in [-0.2, -0.15) is 4.72 Å². The minimum Gasteiger partial charge on any atom is -0.497 e. The van der Waals surface area contributed by atoms with Gasteiger partial charge in [-0.3, -0.25) is 4.79 Å². The van der Waals surface area contributed by atoms with Gasteiger partial charge in [0.25, 0.3) is 0 Å². The monoisotopic (exact) mass is 368 g/mol. The molecule has 1 saturated carbocycles. The molecule has 0 spiro atoms. The Morgan fingerprint density at radius 2 is 1.80 bits per heavy atom. The fraction of sp³-hybridized carbons (Fsp3) is 0.611. The van der Waals surface area contributed by atoms with Crippen molar-refractivity contribution in [1.82, 2.24) is 10.0 Å². The lowest BCUT2D eigenvalue weighted by Crippen LogP contribution is -2.49. The van der Waals surface area contributed by atoms with Crippen LogP contribution in [0.15, 0.2) is 29.2 Å². The highest BCUT2D eigenvalue weighted by Crippen LogP contribution is 2.19. The van der Waals surface area contributed by atoms with E-state index in [0.717, 1.165) is 25.7 Å². The van der Waals surface area contributed by atoms with Gasteiger partial charge in [0.1, 0.15) is 11.8 Å². The highest BCUT2D eigenvalue weighted by Gasteiger charge is 2.28. The van der Waals surface area contributed by atoms with Crippen LogP contribution in [0.2, 0.25) is 0 Å². The smallest absolute Gasteiger partial charge is 0.241 e. The molecule has 0 aromatic heterocycles. The first-order valence-corrected chi connectivity index (χ1v) is 10.3. The SMILES string of the molecule is COc1ccc(S(=O)(=O)N[C@H](CC(C)C)C(=O)NC2CCCC2)cc1. The number of hydrogen-bond acceptors (Lipinski definition) is 4. The molecule has 0 heterocycles. The fourth-order valence-electron chi connectivity index (χ4n) is 3.06. The van der Waals surface area contributed by atoms with Crippen molar-refractivity contribution in [2.45, 2.75) is 62.9 Å². The summed E-state index contributed by atoms with van der Waals surface area (Å²) < 4.78 is 32.9. The van der Waals surface area contributed by atoms with Crippen LogP contribution in [-0.2, 0) is 14.8 Å². The molecule has 0 bridgehead atoms. The minimum atomic E-state index is -3.78. The van der Waals surface area contributed by atoms with Gasteiger partial charge in [0.05, 0.1) is 12.0 Å². The Bertz CT molecular complexity index is 665. The third-order valence-electron chi connectivity index (χ3n) is 4.39. The summed E-state index contributed by atoms with van der Waals surface area (Å²) in [5, 5.41) is 2.99. The summed E-state index contributed by atoms with van der Waals surface area (Å²) in [6.45, 7) is 3.94. The number of sulfonamides is 1. The number of ether oxygens (including phenoxy) is 1. The van der Waals surface area contributed by atoms with Crippen LogP contribution in [0.5, 0.6) is 5.75 Å². The summed E-state index contributed by atoms with van der Waals surface area (Å²) in [6, 6.07) is 5.51. The maximum Gasteiger partial charge on any atom is 0.241 e. The summed E-state index contributed by atoms with van der Waals surface area (Å²) in [7, 11) is -2.25. The molecule has 1 fully saturated rings. The number of nitrogens with one attached hydrogen (secondary N) is 2. The molecule has 1 aromatic carbocycles. The first kappa shape index (κ1) is 19.7. The maximum absolute atomic E-state index is 12.6. The van der Waals surface area contributed by atoms with E-state index in [4.69, 9.17) is 4.74 Å². The van der Waals surface area contributed by atoms with Crippen molar-refractivity contribution in [3.05, 3.63) is 24.3 Å². The van der Waals surface area contributed by atoms with Gasteiger partial charge < -0.3 is 10.1 Å². The van der Waals surface area contributed by atoms with Crippen molar-refractivity contribution < 1.29 is 17.9 Å². The standard InChI is InChI=1S/C18H28N2O4S/c1-13(2)12-17(18(21)19-14-6-4-5-7-14)20-25(22,23)16-10-8-15(24-3)9-11-16/h8-11,13-14,17,20H,4-7,12H2,1-3H3,(H,19,21)/t17-/m1/s1. The third kappa shape index (κ3) is 5.71. The second-order valence-electron chi connectivity index (χ2n) is 6.97. The Morgan fingerprint density at radius 1 is 1.20 bits per heavy atom. The Morgan fingerprint density at radius 3 is 2.32 bits per heavy atom. The Labute approximate surface area is 150 Å². The van der Waals surface area contributed by atoms with E-state index in [-0.39, 0.29) is 22.8 Å². The highest BCUT2D eigenvalue weighted by molar-refractivity contribution is 7.89. The zero-order chi connectivity index (χ0) is 18.4. The summed E-state index contributed by atoms with van der Waals surface area (Å²) in [4.78, 5) is 12.7. The van der Waals surface area contributed by atoms with Crippen molar-refractivity contribution >= 4 is 15.9 Å². The van der Waals surface area contributed by atoms with E-state index in [2.05, 4.69) is 10.0 Å². The molecule has 7 heteroatoms. The molecule has 2 rings (SSSR count). The van der Waals surface area contributed by atoms with Crippen LogP contribution in [0.4, 0.5) is 0 Å². The van der Waals surface area contributed by atoms with Gasteiger partial charge in [-0.1, -0.05) is 26.7 Å². The lowest BCUT2D eigenvalue weighted by Gasteiger charge is -2.22. The molecule has 0 aliphatic heterocycles. The van der Waals surface area contributed by atoms with E-state index in [0.29, 0.717) is 12.2 Å². The van der Waals surface area contributed by atoms with Gasteiger partial charge in [0.15, 0.2) is 0 Å². The summed E-state index contributed by atoms with van der Waals surface area (Å²) in [5.41, 5.74) is 0. The normalized spacial score (nSPS) is 16.8. The van der Waals surface area contributed by atoms with Gasteiger partial charge in [-0.15, -0.1) is 0 Å². The minimum absolute atomic E-state index is 0.121. The van der Waals surface area contributed by atoms with Crippen LogP contribution in [0, 0.1) is 5.92 Å². The number of rotatable bonds is 8. The molecule has 1 aromatic rings. The second-order valence-corrected chi connectivity index (χ2v) is 8.68. The number of methoxy groups -OCH3 is 1. The van der Waals surface area contributed by atoms with Crippen molar-refractivity contribution in [3.63, 3.8) is 0 Å². The summed E-state index contributed by atoms with van der Waals surface area (Å²) >= 11 is 0. The number of carbonyl (C=O) groups is 1. The Kier molecular flexibility index (Phi) is 6.84. The van der Waals surface area contributed by atoms with E-state index < -0.39 is 16.1 Å².